The molecule has 1 aromatic heterocycles. The van der Waals surface area contributed by atoms with Crippen LogP contribution in [-0.4, -0.2) is 25.5 Å². The van der Waals surface area contributed by atoms with Gasteiger partial charge in [0.15, 0.2) is 0 Å². The standard InChI is InChI=1S/C22H16BrN3O4S/c23-17-7-3-5-15(11-17)13-25-21(27)20(31-22(25)28)12-18-8-4-10-24(18)14-16-6-1-2-9-19(16)26(29)30/h1-12H,13-14H2/b20-12+. The lowest BCUT2D eigenvalue weighted by Gasteiger charge is -2.12. The fourth-order valence-electron chi connectivity index (χ4n) is 3.30. The normalized spacial score (nSPS) is 15.1. The first-order chi connectivity index (χ1) is 14.9. The van der Waals surface area contributed by atoms with E-state index in [0.717, 1.165) is 21.8 Å². The van der Waals surface area contributed by atoms with Crippen LogP contribution in [0.1, 0.15) is 16.8 Å². The number of nitrogens with zero attached hydrogens (tertiary/aromatic N) is 3. The van der Waals surface area contributed by atoms with Crippen LogP contribution >= 0.6 is 27.7 Å². The van der Waals surface area contributed by atoms with E-state index >= 15 is 0 Å². The molecule has 0 N–H and O–H groups in total. The maximum atomic E-state index is 12.9. The van der Waals surface area contributed by atoms with Gasteiger partial charge in [-0.3, -0.25) is 24.6 Å². The largest absolute Gasteiger partial charge is 0.343 e. The third kappa shape index (κ3) is 4.62. The number of hydrogen-bond acceptors (Lipinski definition) is 5. The molecule has 0 atom stereocenters. The van der Waals surface area contributed by atoms with Gasteiger partial charge in [0, 0.05) is 28.0 Å². The monoisotopic (exact) mass is 497 g/mol. The minimum atomic E-state index is -0.411. The van der Waals surface area contributed by atoms with Crippen molar-refractivity contribution in [2.45, 2.75) is 13.1 Å². The lowest BCUT2D eigenvalue weighted by Crippen LogP contribution is -2.27. The fourth-order valence-corrected chi connectivity index (χ4v) is 4.57. The Hall–Kier alpha value is -3.17. The Morgan fingerprint density at radius 2 is 1.84 bits per heavy atom. The van der Waals surface area contributed by atoms with Gasteiger partial charge in [-0.05, 0) is 47.7 Å². The van der Waals surface area contributed by atoms with Crippen molar-refractivity contribution in [1.82, 2.24) is 9.47 Å². The van der Waals surface area contributed by atoms with E-state index in [0.29, 0.717) is 16.2 Å². The molecule has 0 unspecified atom stereocenters. The number of rotatable bonds is 6. The Morgan fingerprint density at radius 3 is 2.61 bits per heavy atom. The van der Waals surface area contributed by atoms with Crippen molar-refractivity contribution in [2.24, 2.45) is 0 Å². The van der Waals surface area contributed by atoms with Gasteiger partial charge in [-0.2, -0.15) is 0 Å². The summed E-state index contributed by atoms with van der Waals surface area (Å²) in [7, 11) is 0. The maximum Gasteiger partial charge on any atom is 0.293 e. The zero-order valence-corrected chi connectivity index (χ0v) is 18.5. The quantitative estimate of drug-likeness (QED) is 0.257. The Kier molecular flexibility index (Phi) is 6.06. The summed E-state index contributed by atoms with van der Waals surface area (Å²) in [6.07, 6.45) is 3.44. The summed E-state index contributed by atoms with van der Waals surface area (Å²) in [5.74, 6) is -0.353. The third-order valence-electron chi connectivity index (χ3n) is 4.78. The average molecular weight is 498 g/mol. The number of halogens is 1. The first-order valence-electron chi connectivity index (χ1n) is 9.29. The molecule has 3 aromatic rings. The number of aromatic nitrogens is 1. The zero-order chi connectivity index (χ0) is 22.0. The van der Waals surface area contributed by atoms with E-state index < -0.39 is 4.92 Å². The van der Waals surface area contributed by atoms with Crippen LogP contribution in [0.15, 0.2) is 76.2 Å². The molecule has 0 saturated carbocycles. The van der Waals surface area contributed by atoms with Crippen LogP contribution in [0.25, 0.3) is 6.08 Å². The second-order valence-corrected chi connectivity index (χ2v) is 8.75. The molecule has 4 rings (SSSR count). The van der Waals surface area contributed by atoms with Gasteiger partial charge in [0.05, 0.1) is 22.9 Å². The van der Waals surface area contributed by atoms with Crippen LogP contribution in [0, 0.1) is 10.1 Å². The molecule has 9 heteroatoms. The number of benzene rings is 2. The molecule has 1 aliphatic heterocycles. The Bertz CT molecular complexity index is 1220. The van der Waals surface area contributed by atoms with E-state index in [9.17, 15) is 19.7 Å². The SMILES string of the molecule is O=C1S/C(=C/c2cccn2Cc2ccccc2[N+](=O)[O-])C(=O)N1Cc1cccc(Br)c1. The summed E-state index contributed by atoms with van der Waals surface area (Å²) in [6.45, 7) is 0.469. The minimum absolute atomic E-state index is 0.0384. The van der Waals surface area contributed by atoms with E-state index in [1.807, 2.05) is 28.8 Å². The molecule has 0 spiro atoms. The highest BCUT2D eigenvalue weighted by Gasteiger charge is 2.35. The number of carbonyl (C=O) groups is 2. The zero-order valence-electron chi connectivity index (χ0n) is 16.1. The van der Waals surface area contributed by atoms with Crippen LogP contribution in [0.2, 0.25) is 0 Å². The van der Waals surface area contributed by atoms with E-state index in [4.69, 9.17) is 0 Å². The molecule has 0 aliphatic carbocycles. The maximum absolute atomic E-state index is 12.9. The average Bonchev–Trinajstić information content (AvgIpc) is 3.28. The van der Waals surface area contributed by atoms with Crippen molar-refractivity contribution in [2.75, 3.05) is 0 Å². The number of hydrogen-bond donors (Lipinski definition) is 0. The molecule has 2 heterocycles. The predicted octanol–water partition coefficient (Wildman–Crippen LogP) is 5.44. The first-order valence-corrected chi connectivity index (χ1v) is 10.9. The summed E-state index contributed by atoms with van der Waals surface area (Å²) in [6, 6.07) is 17.6. The Labute approximate surface area is 190 Å². The number of amides is 2. The number of thioether (sulfide) groups is 1. The van der Waals surface area contributed by atoms with Crippen LogP contribution < -0.4 is 0 Å². The van der Waals surface area contributed by atoms with Crippen molar-refractivity contribution in [1.29, 1.82) is 0 Å². The van der Waals surface area contributed by atoms with Gasteiger partial charge in [0.2, 0.25) is 0 Å². The summed E-state index contributed by atoms with van der Waals surface area (Å²) in [4.78, 5) is 37.7. The highest BCUT2D eigenvalue weighted by atomic mass is 79.9. The van der Waals surface area contributed by atoms with Gasteiger partial charge in [-0.15, -0.1) is 0 Å². The predicted molar refractivity (Wildman–Crippen MR) is 122 cm³/mol. The number of imide groups is 1. The molecule has 1 aliphatic rings. The number of nitro benzene ring substituents is 1. The molecule has 31 heavy (non-hydrogen) atoms. The molecule has 0 bridgehead atoms. The molecule has 1 fully saturated rings. The number of carbonyl (C=O) groups excluding carboxylic acids is 2. The lowest BCUT2D eigenvalue weighted by molar-refractivity contribution is -0.385. The smallest absolute Gasteiger partial charge is 0.293 e. The molecular weight excluding hydrogens is 482 g/mol. The Balaban J connectivity index is 1.57. The highest BCUT2D eigenvalue weighted by molar-refractivity contribution is 9.10. The topological polar surface area (TPSA) is 85.5 Å². The van der Waals surface area contributed by atoms with Crippen molar-refractivity contribution >= 4 is 50.6 Å². The van der Waals surface area contributed by atoms with Gasteiger partial charge >= 0.3 is 0 Å². The van der Waals surface area contributed by atoms with E-state index in [2.05, 4.69) is 15.9 Å². The number of para-hydroxylation sites is 1. The summed E-state index contributed by atoms with van der Waals surface area (Å²) in [5, 5.41) is 11.0. The van der Waals surface area contributed by atoms with Crippen molar-refractivity contribution in [3.8, 4) is 0 Å². The summed E-state index contributed by atoms with van der Waals surface area (Å²) in [5.41, 5.74) is 2.13. The molecule has 156 valence electrons. The van der Waals surface area contributed by atoms with Crippen LogP contribution in [0.5, 0.6) is 0 Å². The molecule has 2 amide bonds. The van der Waals surface area contributed by atoms with E-state index in [1.165, 1.54) is 11.0 Å². The molecule has 7 nitrogen and oxygen atoms in total. The van der Waals surface area contributed by atoms with Gasteiger partial charge in [0.1, 0.15) is 0 Å². The van der Waals surface area contributed by atoms with Crippen molar-refractivity contribution in [3.63, 3.8) is 0 Å². The van der Waals surface area contributed by atoms with E-state index in [-0.39, 0.29) is 29.9 Å². The summed E-state index contributed by atoms with van der Waals surface area (Å²) < 4.78 is 2.69. The van der Waals surface area contributed by atoms with Gasteiger partial charge < -0.3 is 4.57 Å². The highest BCUT2D eigenvalue weighted by Crippen LogP contribution is 2.34. The second kappa shape index (κ2) is 8.91. The van der Waals surface area contributed by atoms with Crippen LogP contribution in [0.4, 0.5) is 10.5 Å². The van der Waals surface area contributed by atoms with Gasteiger partial charge in [0.25, 0.3) is 16.8 Å². The molecule has 2 aromatic carbocycles. The van der Waals surface area contributed by atoms with Crippen LogP contribution in [-0.2, 0) is 17.9 Å². The number of nitro groups is 1. The Morgan fingerprint density at radius 1 is 1.03 bits per heavy atom. The minimum Gasteiger partial charge on any atom is -0.343 e. The second-order valence-electron chi connectivity index (χ2n) is 6.84. The third-order valence-corrected chi connectivity index (χ3v) is 6.18. The van der Waals surface area contributed by atoms with Crippen molar-refractivity contribution < 1.29 is 14.5 Å². The van der Waals surface area contributed by atoms with Crippen molar-refractivity contribution in [3.05, 3.63) is 103 Å². The van der Waals surface area contributed by atoms with Gasteiger partial charge in [-0.25, -0.2) is 0 Å². The van der Waals surface area contributed by atoms with E-state index in [1.54, 1.807) is 42.6 Å². The molecular formula is C22H16BrN3O4S. The summed E-state index contributed by atoms with van der Waals surface area (Å²) >= 11 is 4.28. The lowest BCUT2D eigenvalue weighted by atomic mass is 10.2. The fraction of sp³-hybridized carbons (Fsp3) is 0.0909. The van der Waals surface area contributed by atoms with Gasteiger partial charge in [-0.1, -0.05) is 46.3 Å². The molecule has 0 radical (unpaired) electrons. The first kappa shape index (κ1) is 21.1. The molecule has 1 saturated heterocycles. The van der Waals surface area contributed by atoms with Crippen LogP contribution in [0.3, 0.4) is 0 Å².